The molecule has 1 aliphatic heterocycles. The summed E-state index contributed by atoms with van der Waals surface area (Å²) in [6.07, 6.45) is 1.19. The molecule has 1 aromatic heterocycles. The number of hydrogen-bond donors (Lipinski definition) is 1. The summed E-state index contributed by atoms with van der Waals surface area (Å²) in [6, 6.07) is 6.34. The molecular formula is C23H31N3O4. The average Bonchev–Trinajstić information content (AvgIpc) is 2.68. The summed E-state index contributed by atoms with van der Waals surface area (Å²) >= 11 is 0. The maximum Gasteiger partial charge on any atom is 0.315 e. The largest absolute Gasteiger partial charge is 0.501 e. The standard InChI is InChI=1S/C23H31N3O4/c1-7-23(13-30-6,17-9-14(2)8-15(3)10-17)11-18-24-21(28)20(27)19-22(29)25(5)16(4)12-26(18)19/h8-10,16,27H,7,11-13H2,1-6H3/t16-,23?/m0/s1. The van der Waals surface area contributed by atoms with Crippen LogP contribution in [0.15, 0.2) is 23.0 Å². The first-order valence-electron chi connectivity index (χ1n) is 10.3. The van der Waals surface area contributed by atoms with Gasteiger partial charge in [-0.3, -0.25) is 9.59 Å². The summed E-state index contributed by atoms with van der Waals surface area (Å²) in [7, 11) is 3.34. The van der Waals surface area contributed by atoms with Gasteiger partial charge in [-0.15, -0.1) is 0 Å². The van der Waals surface area contributed by atoms with Gasteiger partial charge in [-0.05, 0) is 32.8 Å². The third-order valence-electron chi connectivity index (χ3n) is 6.30. The van der Waals surface area contributed by atoms with Gasteiger partial charge in [0.15, 0.2) is 5.69 Å². The van der Waals surface area contributed by atoms with Crippen LogP contribution in [0, 0.1) is 13.8 Å². The Labute approximate surface area is 177 Å². The predicted octanol–water partition coefficient (Wildman–Crippen LogP) is 2.58. The van der Waals surface area contributed by atoms with E-state index < -0.39 is 16.7 Å². The minimum atomic E-state index is -0.768. The van der Waals surface area contributed by atoms with Gasteiger partial charge >= 0.3 is 5.56 Å². The number of aryl methyl sites for hydroxylation is 2. The monoisotopic (exact) mass is 413 g/mol. The van der Waals surface area contributed by atoms with E-state index in [1.807, 2.05) is 6.92 Å². The molecule has 1 N–H and O–H groups in total. The highest BCUT2D eigenvalue weighted by molar-refractivity contribution is 5.95. The lowest BCUT2D eigenvalue weighted by molar-refractivity contribution is 0.0658. The highest BCUT2D eigenvalue weighted by atomic mass is 16.5. The van der Waals surface area contributed by atoms with Gasteiger partial charge in [0, 0.05) is 38.6 Å². The molecule has 0 spiro atoms. The minimum Gasteiger partial charge on any atom is -0.501 e. The van der Waals surface area contributed by atoms with E-state index in [0.717, 1.165) is 23.1 Å². The van der Waals surface area contributed by atoms with Crippen molar-refractivity contribution >= 4 is 5.91 Å². The molecule has 7 heteroatoms. The Morgan fingerprint density at radius 2 is 1.87 bits per heavy atom. The number of aromatic hydroxyl groups is 1. The second-order valence-electron chi connectivity index (χ2n) is 8.53. The Balaban J connectivity index is 2.20. The summed E-state index contributed by atoms with van der Waals surface area (Å²) in [5, 5.41) is 10.3. The summed E-state index contributed by atoms with van der Waals surface area (Å²) in [5.74, 6) is -0.450. The third-order valence-corrected chi connectivity index (χ3v) is 6.30. The molecule has 7 nitrogen and oxygen atoms in total. The number of nitrogens with zero attached hydrogens (tertiary/aromatic N) is 3. The molecule has 30 heavy (non-hydrogen) atoms. The molecule has 1 aromatic carbocycles. The fourth-order valence-electron chi connectivity index (χ4n) is 4.42. The third kappa shape index (κ3) is 3.74. The van der Waals surface area contributed by atoms with Crippen LogP contribution in [0.1, 0.15) is 53.3 Å². The molecule has 0 bridgehead atoms. The minimum absolute atomic E-state index is 0.0217. The molecule has 0 saturated carbocycles. The average molecular weight is 414 g/mol. The summed E-state index contributed by atoms with van der Waals surface area (Å²) in [6.45, 7) is 9.06. The van der Waals surface area contributed by atoms with Gasteiger partial charge in [-0.25, -0.2) is 0 Å². The van der Waals surface area contributed by atoms with Crippen molar-refractivity contribution < 1.29 is 14.6 Å². The Kier molecular flexibility index (Phi) is 6.04. The van der Waals surface area contributed by atoms with E-state index in [0.29, 0.717) is 25.4 Å². The number of ether oxygens (including phenoxy) is 1. The quantitative estimate of drug-likeness (QED) is 0.787. The zero-order valence-electron chi connectivity index (χ0n) is 18.7. The second kappa shape index (κ2) is 8.22. The normalized spacial score (nSPS) is 18.3. The van der Waals surface area contributed by atoms with Gasteiger partial charge in [0.1, 0.15) is 5.82 Å². The van der Waals surface area contributed by atoms with E-state index in [1.54, 1.807) is 23.6 Å². The number of benzene rings is 1. The van der Waals surface area contributed by atoms with Crippen LogP contribution in [0.5, 0.6) is 5.75 Å². The van der Waals surface area contributed by atoms with Crippen molar-refractivity contribution in [3.05, 3.63) is 56.8 Å². The van der Waals surface area contributed by atoms with Gasteiger partial charge < -0.3 is 19.3 Å². The van der Waals surface area contributed by atoms with Crippen molar-refractivity contribution in [2.45, 2.75) is 58.5 Å². The van der Waals surface area contributed by atoms with Crippen LogP contribution in [0.2, 0.25) is 0 Å². The molecular weight excluding hydrogens is 382 g/mol. The molecule has 0 radical (unpaired) electrons. The van der Waals surface area contributed by atoms with Crippen LogP contribution in [0.25, 0.3) is 0 Å². The first-order chi connectivity index (χ1) is 14.1. The van der Waals surface area contributed by atoms with Gasteiger partial charge in [-0.2, -0.15) is 4.98 Å². The Morgan fingerprint density at radius 1 is 1.23 bits per heavy atom. The number of carbonyl (C=O) groups is 1. The molecule has 1 amide bonds. The van der Waals surface area contributed by atoms with Gasteiger partial charge in [0.2, 0.25) is 5.75 Å². The molecule has 2 aromatic rings. The van der Waals surface area contributed by atoms with Crippen LogP contribution in [0.4, 0.5) is 0 Å². The second-order valence-corrected chi connectivity index (χ2v) is 8.53. The molecule has 162 valence electrons. The first-order valence-corrected chi connectivity index (χ1v) is 10.3. The van der Waals surface area contributed by atoms with Crippen molar-refractivity contribution in [1.82, 2.24) is 14.5 Å². The van der Waals surface area contributed by atoms with E-state index in [4.69, 9.17) is 4.74 Å². The fraction of sp³-hybridized carbons (Fsp3) is 0.522. The molecule has 1 unspecified atom stereocenters. The maximum absolute atomic E-state index is 12.8. The van der Waals surface area contributed by atoms with Crippen molar-refractivity contribution in [3.63, 3.8) is 0 Å². The topological polar surface area (TPSA) is 84.7 Å². The highest BCUT2D eigenvalue weighted by Gasteiger charge is 2.37. The van der Waals surface area contributed by atoms with Crippen LogP contribution in [-0.2, 0) is 23.1 Å². The number of fused-ring (bicyclic) bond motifs is 1. The number of carbonyl (C=O) groups excluding carboxylic acids is 1. The first kappa shape index (κ1) is 22.0. The van der Waals surface area contributed by atoms with E-state index in [-0.39, 0.29) is 17.6 Å². The molecule has 2 atom stereocenters. The van der Waals surface area contributed by atoms with Crippen molar-refractivity contribution in [2.75, 3.05) is 20.8 Å². The Hall–Kier alpha value is -2.67. The lowest BCUT2D eigenvalue weighted by Crippen LogP contribution is -2.47. The number of amides is 1. The van der Waals surface area contributed by atoms with E-state index in [2.05, 4.69) is 44.0 Å². The number of rotatable bonds is 6. The van der Waals surface area contributed by atoms with Crippen molar-refractivity contribution in [1.29, 1.82) is 0 Å². The van der Waals surface area contributed by atoms with Crippen molar-refractivity contribution in [3.8, 4) is 5.75 Å². The maximum atomic E-state index is 12.8. The lowest BCUT2D eigenvalue weighted by Gasteiger charge is -2.37. The Morgan fingerprint density at radius 3 is 2.43 bits per heavy atom. The van der Waals surface area contributed by atoms with Crippen LogP contribution in [0.3, 0.4) is 0 Å². The number of methoxy groups -OCH3 is 1. The molecule has 3 rings (SSSR count). The van der Waals surface area contributed by atoms with Crippen molar-refractivity contribution in [2.24, 2.45) is 0 Å². The van der Waals surface area contributed by atoms with Crippen LogP contribution in [-0.4, -0.2) is 52.3 Å². The number of likely N-dealkylation sites (N-methyl/N-ethyl adjacent to an activating group) is 1. The lowest BCUT2D eigenvalue weighted by atomic mass is 9.74. The highest BCUT2D eigenvalue weighted by Crippen LogP contribution is 2.34. The fourth-order valence-corrected chi connectivity index (χ4v) is 4.42. The van der Waals surface area contributed by atoms with E-state index in [1.165, 1.54) is 0 Å². The van der Waals surface area contributed by atoms with Gasteiger partial charge in [0.05, 0.1) is 6.61 Å². The van der Waals surface area contributed by atoms with Gasteiger partial charge in [-0.1, -0.05) is 36.2 Å². The zero-order chi connectivity index (χ0) is 22.2. The summed E-state index contributed by atoms with van der Waals surface area (Å²) in [4.78, 5) is 31.0. The molecule has 0 fully saturated rings. The van der Waals surface area contributed by atoms with Crippen LogP contribution >= 0.6 is 0 Å². The van der Waals surface area contributed by atoms with Gasteiger partial charge in [0.25, 0.3) is 5.91 Å². The molecule has 0 aliphatic carbocycles. The molecule has 1 aliphatic rings. The van der Waals surface area contributed by atoms with Crippen LogP contribution < -0.4 is 5.56 Å². The SMILES string of the molecule is CCC(COC)(Cc1nc(=O)c(O)c2n1C[C@H](C)N(C)C2=O)c1cc(C)cc(C)c1. The van der Waals surface area contributed by atoms with E-state index in [9.17, 15) is 14.7 Å². The predicted molar refractivity (Wildman–Crippen MR) is 115 cm³/mol. The summed E-state index contributed by atoms with van der Waals surface area (Å²) < 4.78 is 7.34. The molecule has 2 heterocycles. The smallest absolute Gasteiger partial charge is 0.315 e. The summed E-state index contributed by atoms with van der Waals surface area (Å²) in [5.41, 5.74) is 2.26. The molecule has 0 saturated heterocycles. The Bertz CT molecular complexity index is 1010. The number of aromatic nitrogens is 2. The number of hydrogen-bond acceptors (Lipinski definition) is 5. The zero-order valence-corrected chi connectivity index (χ0v) is 18.7. The van der Waals surface area contributed by atoms with E-state index >= 15 is 0 Å².